The first-order chi connectivity index (χ1) is 14.4. The molecule has 1 aliphatic rings. The van der Waals surface area contributed by atoms with Crippen molar-refractivity contribution < 1.29 is 19.4 Å². The molecule has 0 amide bonds. The molecule has 4 nitrogen and oxygen atoms in total. The third-order valence-electron chi connectivity index (χ3n) is 6.04. The summed E-state index contributed by atoms with van der Waals surface area (Å²) in [7, 11) is 0. The normalized spacial score (nSPS) is 18.9. The van der Waals surface area contributed by atoms with Gasteiger partial charge in [0.2, 0.25) is 0 Å². The molecular formula is C26H26O4. The van der Waals surface area contributed by atoms with Crippen LogP contribution in [-0.2, 0) is 4.79 Å². The maximum absolute atomic E-state index is 12.9. The van der Waals surface area contributed by atoms with Crippen LogP contribution in [0.15, 0.2) is 54.6 Å². The van der Waals surface area contributed by atoms with Crippen molar-refractivity contribution in [2.45, 2.75) is 39.5 Å². The highest BCUT2D eigenvalue weighted by atomic mass is 16.5. The molecule has 0 aromatic heterocycles. The fourth-order valence-corrected chi connectivity index (χ4v) is 4.52. The van der Waals surface area contributed by atoms with E-state index < -0.39 is 5.97 Å². The molecule has 0 bridgehead atoms. The van der Waals surface area contributed by atoms with Crippen molar-refractivity contribution >= 4 is 22.7 Å². The summed E-state index contributed by atoms with van der Waals surface area (Å²) in [4.78, 5) is 24.8. The summed E-state index contributed by atoms with van der Waals surface area (Å²) >= 11 is 0. The van der Waals surface area contributed by atoms with Crippen LogP contribution < -0.4 is 4.74 Å². The molecule has 1 saturated carbocycles. The number of ether oxygens (including phenoxy) is 1. The highest BCUT2D eigenvalue weighted by Gasteiger charge is 2.27. The van der Waals surface area contributed by atoms with Crippen LogP contribution in [0.25, 0.3) is 21.9 Å². The fourth-order valence-electron chi connectivity index (χ4n) is 4.52. The van der Waals surface area contributed by atoms with Crippen molar-refractivity contribution in [1.82, 2.24) is 0 Å². The van der Waals surface area contributed by atoms with Crippen LogP contribution in [0.2, 0.25) is 0 Å². The molecule has 3 aromatic carbocycles. The van der Waals surface area contributed by atoms with Gasteiger partial charge in [-0.2, -0.15) is 0 Å². The van der Waals surface area contributed by atoms with E-state index in [1.54, 1.807) is 18.2 Å². The molecule has 2 atom stereocenters. The third-order valence-corrected chi connectivity index (χ3v) is 6.04. The van der Waals surface area contributed by atoms with Gasteiger partial charge in [-0.3, -0.25) is 4.79 Å². The second-order valence-corrected chi connectivity index (χ2v) is 8.40. The number of aryl methyl sites for hydroxylation is 1. The molecule has 4 heteroatoms. The van der Waals surface area contributed by atoms with Crippen molar-refractivity contribution in [3.8, 4) is 16.9 Å². The summed E-state index contributed by atoms with van der Waals surface area (Å²) < 4.78 is 5.92. The maximum atomic E-state index is 12.9. The van der Waals surface area contributed by atoms with Crippen LogP contribution in [0.1, 0.15) is 48.5 Å². The van der Waals surface area contributed by atoms with E-state index in [4.69, 9.17) is 4.74 Å². The highest BCUT2D eigenvalue weighted by Crippen LogP contribution is 2.38. The quantitative estimate of drug-likeness (QED) is 0.414. The summed E-state index contributed by atoms with van der Waals surface area (Å²) in [5.41, 5.74) is 2.59. The van der Waals surface area contributed by atoms with Crippen molar-refractivity contribution in [3.05, 3.63) is 65.7 Å². The first-order valence-corrected chi connectivity index (χ1v) is 10.5. The summed E-state index contributed by atoms with van der Waals surface area (Å²) in [5, 5.41) is 11.4. The summed E-state index contributed by atoms with van der Waals surface area (Å²) in [6, 6.07) is 16.7. The lowest BCUT2D eigenvalue weighted by atomic mass is 9.82. The molecule has 4 rings (SSSR count). The van der Waals surface area contributed by atoms with Gasteiger partial charge in [-0.15, -0.1) is 0 Å². The predicted octanol–water partition coefficient (Wildman–Crippen LogP) is 6.25. The number of carbonyl (C=O) groups is 2. The maximum Gasteiger partial charge on any atom is 0.336 e. The van der Waals surface area contributed by atoms with E-state index in [9.17, 15) is 14.7 Å². The zero-order valence-electron chi connectivity index (χ0n) is 17.4. The Labute approximate surface area is 176 Å². The monoisotopic (exact) mass is 402 g/mol. The van der Waals surface area contributed by atoms with E-state index in [0.29, 0.717) is 17.2 Å². The zero-order valence-corrected chi connectivity index (χ0v) is 17.4. The Balaban J connectivity index is 1.81. The van der Waals surface area contributed by atoms with Crippen LogP contribution >= 0.6 is 0 Å². The Hall–Kier alpha value is -3.14. The fraction of sp³-hybridized carbons (Fsp3) is 0.308. The topological polar surface area (TPSA) is 63.6 Å². The van der Waals surface area contributed by atoms with E-state index in [0.717, 1.165) is 47.6 Å². The second kappa shape index (κ2) is 8.31. The lowest BCUT2D eigenvalue weighted by Crippen LogP contribution is -2.25. The minimum absolute atomic E-state index is 0.0790. The van der Waals surface area contributed by atoms with Gasteiger partial charge in [0.1, 0.15) is 5.75 Å². The number of hydrogen-bond acceptors (Lipinski definition) is 3. The molecule has 3 aromatic rings. The first-order valence-electron chi connectivity index (χ1n) is 10.5. The van der Waals surface area contributed by atoms with Gasteiger partial charge < -0.3 is 9.84 Å². The van der Waals surface area contributed by atoms with Crippen LogP contribution in [0, 0.1) is 18.8 Å². The Morgan fingerprint density at radius 1 is 1.00 bits per heavy atom. The summed E-state index contributed by atoms with van der Waals surface area (Å²) in [5.74, 6) is -0.224. The van der Waals surface area contributed by atoms with E-state index in [1.165, 1.54) is 0 Å². The van der Waals surface area contributed by atoms with Gasteiger partial charge in [-0.25, -0.2) is 4.79 Å². The lowest BCUT2D eigenvalue weighted by Gasteiger charge is -2.25. The van der Waals surface area contributed by atoms with Gasteiger partial charge in [-0.1, -0.05) is 67.8 Å². The van der Waals surface area contributed by atoms with Gasteiger partial charge in [0.05, 0.1) is 11.5 Å². The molecule has 2 unspecified atom stereocenters. The smallest absolute Gasteiger partial charge is 0.336 e. The van der Waals surface area contributed by atoms with Crippen LogP contribution in [0.3, 0.4) is 0 Å². The molecule has 1 fully saturated rings. The summed E-state index contributed by atoms with van der Waals surface area (Å²) in [6.45, 7) is 4.12. The standard InChI is InChI=1S/C26H26O4/c1-16-6-3-9-19(14-16)26(29)30-23-11-5-8-18-7-4-10-20(24(18)23)22-15-17(2)12-13-21(22)25(27)28/h4-5,7-8,10-13,15-16,19H,3,6,9,14H2,1-2H3,(H,27,28). The van der Waals surface area contributed by atoms with Gasteiger partial charge in [0.15, 0.2) is 0 Å². The van der Waals surface area contributed by atoms with Gasteiger partial charge >= 0.3 is 11.9 Å². The molecule has 1 N–H and O–H groups in total. The average molecular weight is 402 g/mol. The minimum Gasteiger partial charge on any atom is -0.478 e. The first kappa shape index (κ1) is 20.1. The van der Waals surface area contributed by atoms with Gasteiger partial charge in [0, 0.05) is 5.39 Å². The number of aromatic carboxylic acids is 1. The molecule has 0 spiro atoms. The number of benzene rings is 3. The van der Waals surface area contributed by atoms with E-state index in [1.807, 2.05) is 43.3 Å². The van der Waals surface area contributed by atoms with Crippen LogP contribution in [0.4, 0.5) is 0 Å². The Morgan fingerprint density at radius 3 is 2.50 bits per heavy atom. The number of carboxylic acid groups (broad SMARTS) is 1. The summed E-state index contributed by atoms with van der Waals surface area (Å²) in [6.07, 6.45) is 3.93. The molecule has 154 valence electrons. The molecule has 0 aliphatic heterocycles. The number of hydrogen-bond donors (Lipinski definition) is 1. The van der Waals surface area contributed by atoms with Crippen molar-refractivity contribution in [3.63, 3.8) is 0 Å². The Bertz CT molecular complexity index is 1110. The van der Waals surface area contributed by atoms with Crippen molar-refractivity contribution in [2.75, 3.05) is 0 Å². The molecule has 0 radical (unpaired) electrons. The SMILES string of the molecule is Cc1ccc(C(=O)O)c(-c2cccc3cccc(OC(=O)C4CCCC(C)C4)c23)c1. The predicted molar refractivity (Wildman–Crippen MR) is 118 cm³/mol. The van der Waals surface area contributed by atoms with Gasteiger partial charge in [0.25, 0.3) is 0 Å². The van der Waals surface area contributed by atoms with Crippen molar-refractivity contribution in [1.29, 1.82) is 0 Å². The number of carboxylic acids is 1. The molecule has 30 heavy (non-hydrogen) atoms. The van der Waals surface area contributed by atoms with E-state index in [2.05, 4.69) is 6.92 Å². The Kier molecular flexibility index (Phi) is 5.58. The third kappa shape index (κ3) is 3.95. The van der Waals surface area contributed by atoms with E-state index >= 15 is 0 Å². The molecule has 0 saturated heterocycles. The van der Waals surface area contributed by atoms with Crippen molar-refractivity contribution in [2.24, 2.45) is 11.8 Å². The number of carbonyl (C=O) groups excluding carboxylic acids is 1. The number of fused-ring (bicyclic) bond motifs is 1. The molecule has 0 heterocycles. The minimum atomic E-state index is -0.979. The number of esters is 1. The van der Waals surface area contributed by atoms with Crippen LogP contribution in [0.5, 0.6) is 5.75 Å². The van der Waals surface area contributed by atoms with E-state index in [-0.39, 0.29) is 17.5 Å². The molecule has 1 aliphatic carbocycles. The lowest BCUT2D eigenvalue weighted by molar-refractivity contribution is -0.140. The molecular weight excluding hydrogens is 376 g/mol. The number of rotatable bonds is 4. The van der Waals surface area contributed by atoms with Crippen LogP contribution in [-0.4, -0.2) is 17.0 Å². The second-order valence-electron chi connectivity index (χ2n) is 8.40. The van der Waals surface area contributed by atoms with Gasteiger partial charge in [-0.05, 0) is 54.3 Å². The highest BCUT2D eigenvalue weighted by molar-refractivity contribution is 6.06. The average Bonchev–Trinajstić information content (AvgIpc) is 2.73. The Morgan fingerprint density at radius 2 is 1.77 bits per heavy atom. The largest absolute Gasteiger partial charge is 0.478 e. The zero-order chi connectivity index (χ0) is 21.3.